The molecule has 1 fully saturated rings. The van der Waals surface area contributed by atoms with Crippen molar-refractivity contribution in [1.29, 1.82) is 0 Å². The Balaban J connectivity index is 1.48. The molecule has 7 nitrogen and oxygen atoms in total. The third-order valence-electron chi connectivity index (χ3n) is 5.98. The molecule has 0 saturated carbocycles. The number of aryl methyl sites for hydroxylation is 1. The minimum atomic E-state index is -0.354. The molecule has 3 aromatic rings. The number of rotatable bonds is 5. The summed E-state index contributed by atoms with van der Waals surface area (Å²) in [4.78, 5) is 14.2. The summed E-state index contributed by atoms with van der Waals surface area (Å²) in [5.41, 5.74) is 11.5. The van der Waals surface area contributed by atoms with E-state index < -0.39 is 0 Å². The molecule has 0 atom stereocenters. The van der Waals surface area contributed by atoms with Crippen LogP contribution in [-0.4, -0.2) is 50.8 Å². The number of hydrogen-bond donors (Lipinski definition) is 1. The summed E-state index contributed by atoms with van der Waals surface area (Å²) < 4.78 is 1.94. The first-order valence-electron chi connectivity index (χ1n) is 10.5. The van der Waals surface area contributed by atoms with E-state index in [0.717, 1.165) is 55.4 Å². The molecule has 158 valence electrons. The second-order valence-electron chi connectivity index (χ2n) is 8.67. The van der Waals surface area contributed by atoms with E-state index in [4.69, 9.17) is 5.73 Å². The molecule has 0 unspecified atom stereocenters. The van der Waals surface area contributed by atoms with Gasteiger partial charge in [0.15, 0.2) is 5.82 Å². The number of benzene rings is 1. The molecule has 1 aliphatic heterocycles. The molecular formula is C23H31N7. The summed E-state index contributed by atoms with van der Waals surface area (Å²) in [6, 6.07) is 8.36. The molecule has 7 heteroatoms. The monoisotopic (exact) mass is 405 g/mol. The van der Waals surface area contributed by atoms with Crippen LogP contribution in [0, 0.1) is 6.92 Å². The number of hydrogen-bond acceptors (Lipinski definition) is 6. The van der Waals surface area contributed by atoms with Crippen LogP contribution in [0.1, 0.15) is 30.7 Å². The van der Waals surface area contributed by atoms with Crippen LogP contribution in [0.4, 0.5) is 5.82 Å². The molecule has 3 heterocycles. The van der Waals surface area contributed by atoms with E-state index in [2.05, 4.69) is 56.1 Å². The lowest BCUT2D eigenvalue weighted by molar-refractivity contribution is 0.249. The van der Waals surface area contributed by atoms with Gasteiger partial charge in [-0.25, -0.2) is 4.98 Å². The number of nitrogens with two attached hydrogens (primary N) is 1. The Morgan fingerprint density at radius 1 is 1.00 bits per heavy atom. The summed E-state index contributed by atoms with van der Waals surface area (Å²) in [6.07, 6.45) is 5.53. The van der Waals surface area contributed by atoms with Gasteiger partial charge in [0.25, 0.3) is 0 Å². The van der Waals surface area contributed by atoms with Crippen LogP contribution in [-0.2, 0) is 19.1 Å². The molecule has 2 aromatic heterocycles. The zero-order valence-corrected chi connectivity index (χ0v) is 18.3. The summed E-state index contributed by atoms with van der Waals surface area (Å²) in [5.74, 6) is 0.953. The van der Waals surface area contributed by atoms with Crippen molar-refractivity contribution in [1.82, 2.24) is 24.6 Å². The van der Waals surface area contributed by atoms with Crippen LogP contribution in [0.5, 0.6) is 0 Å². The van der Waals surface area contributed by atoms with E-state index in [1.807, 2.05) is 31.8 Å². The first-order chi connectivity index (χ1) is 14.3. The Morgan fingerprint density at radius 2 is 1.67 bits per heavy atom. The smallest absolute Gasteiger partial charge is 0.155 e. The Bertz CT molecular complexity index is 993. The van der Waals surface area contributed by atoms with E-state index >= 15 is 0 Å². The average Bonchev–Trinajstić information content (AvgIpc) is 3.06. The van der Waals surface area contributed by atoms with E-state index in [-0.39, 0.29) is 5.54 Å². The Kier molecular flexibility index (Phi) is 5.58. The predicted molar refractivity (Wildman–Crippen MR) is 120 cm³/mol. The SMILES string of the molecule is Cc1c(CN2CCN(c3nccnc3-c3ccc(C(C)(C)N)cc3)CC2)cnn1C. The second-order valence-corrected chi connectivity index (χ2v) is 8.67. The number of anilines is 1. The summed E-state index contributed by atoms with van der Waals surface area (Å²) in [5, 5.41) is 4.36. The Hall–Kier alpha value is -2.77. The lowest BCUT2D eigenvalue weighted by Crippen LogP contribution is -2.46. The summed E-state index contributed by atoms with van der Waals surface area (Å²) >= 11 is 0. The maximum absolute atomic E-state index is 6.23. The predicted octanol–water partition coefficient (Wildman–Crippen LogP) is 2.70. The molecule has 1 saturated heterocycles. The van der Waals surface area contributed by atoms with Crippen molar-refractivity contribution in [2.75, 3.05) is 31.1 Å². The summed E-state index contributed by atoms with van der Waals surface area (Å²) in [7, 11) is 1.99. The van der Waals surface area contributed by atoms with Crippen LogP contribution in [0.3, 0.4) is 0 Å². The second kappa shape index (κ2) is 8.16. The molecule has 0 radical (unpaired) electrons. The van der Waals surface area contributed by atoms with Gasteiger partial charge < -0.3 is 10.6 Å². The fourth-order valence-electron chi connectivity index (χ4n) is 3.88. The fourth-order valence-corrected chi connectivity index (χ4v) is 3.88. The van der Waals surface area contributed by atoms with Gasteiger partial charge in [-0.2, -0.15) is 5.10 Å². The van der Waals surface area contributed by atoms with Gasteiger partial charge in [0, 0.05) is 74.5 Å². The zero-order valence-electron chi connectivity index (χ0n) is 18.3. The Labute approximate surface area is 178 Å². The van der Waals surface area contributed by atoms with E-state index in [0.29, 0.717) is 0 Å². The maximum Gasteiger partial charge on any atom is 0.155 e. The van der Waals surface area contributed by atoms with Crippen molar-refractivity contribution < 1.29 is 0 Å². The van der Waals surface area contributed by atoms with Gasteiger partial charge in [-0.3, -0.25) is 14.6 Å². The largest absolute Gasteiger partial charge is 0.352 e. The molecule has 0 spiro atoms. The third kappa shape index (κ3) is 4.22. The number of nitrogens with zero attached hydrogens (tertiary/aromatic N) is 6. The molecular weight excluding hydrogens is 374 g/mol. The van der Waals surface area contributed by atoms with E-state index in [1.54, 1.807) is 12.4 Å². The zero-order chi connectivity index (χ0) is 21.3. The molecule has 1 aromatic carbocycles. The van der Waals surface area contributed by atoms with Gasteiger partial charge >= 0.3 is 0 Å². The van der Waals surface area contributed by atoms with Crippen molar-refractivity contribution in [3.05, 3.63) is 59.7 Å². The number of aromatic nitrogens is 4. The van der Waals surface area contributed by atoms with Crippen molar-refractivity contribution in [3.8, 4) is 11.3 Å². The van der Waals surface area contributed by atoms with Gasteiger partial charge in [-0.1, -0.05) is 24.3 Å². The first-order valence-corrected chi connectivity index (χ1v) is 10.5. The van der Waals surface area contributed by atoms with Gasteiger partial charge in [0.1, 0.15) is 5.69 Å². The molecule has 0 amide bonds. The third-order valence-corrected chi connectivity index (χ3v) is 5.98. The highest BCUT2D eigenvalue weighted by Gasteiger charge is 2.22. The van der Waals surface area contributed by atoms with Crippen LogP contribution in [0.25, 0.3) is 11.3 Å². The molecule has 0 aliphatic carbocycles. The van der Waals surface area contributed by atoms with Crippen molar-refractivity contribution in [2.45, 2.75) is 32.9 Å². The van der Waals surface area contributed by atoms with Gasteiger partial charge in [0.2, 0.25) is 0 Å². The van der Waals surface area contributed by atoms with Crippen LogP contribution >= 0.6 is 0 Å². The molecule has 0 bridgehead atoms. The number of piperazine rings is 1. The van der Waals surface area contributed by atoms with E-state index in [9.17, 15) is 0 Å². The lowest BCUT2D eigenvalue weighted by Gasteiger charge is -2.35. The first kappa shape index (κ1) is 20.5. The lowest BCUT2D eigenvalue weighted by atomic mass is 9.94. The van der Waals surface area contributed by atoms with Gasteiger partial charge in [-0.15, -0.1) is 0 Å². The van der Waals surface area contributed by atoms with Crippen molar-refractivity contribution in [3.63, 3.8) is 0 Å². The quantitative estimate of drug-likeness (QED) is 0.703. The highest BCUT2D eigenvalue weighted by molar-refractivity contribution is 5.72. The van der Waals surface area contributed by atoms with Crippen LogP contribution in [0.15, 0.2) is 42.9 Å². The molecule has 4 rings (SSSR count). The highest BCUT2D eigenvalue weighted by atomic mass is 15.3. The molecule has 2 N–H and O–H groups in total. The van der Waals surface area contributed by atoms with Crippen LogP contribution in [0.2, 0.25) is 0 Å². The van der Waals surface area contributed by atoms with Gasteiger partial charge in [-0.05, 0) is 26.3 Å². The molecule has 1 aliphatic rings. The van der Waals surface area contributed by atoms with Crippen molar-refractivity contribution in [2.24, 2.45) is 12.8 Å². The van der Waals surface area contributed by atoms with Gasteiger partial charge in [0.05, 0.1) is 6.20 Å². The minimum Gasteiger partial charge on any atom is -0.352 e. The normalized spacial score (nSPS) is 15.6. The van der Waals surface area contributed by atoms with Crippen molar-refractivity contribution >= 4 is 5.82 Å². The minimum absolute atomic E-state index is 0.354. The van der Waals surface area contributed by atoms with E-state index in [1.165, 1.54) is 11.3 Å². The maximum atomic E-state index is 6.23. The molecule has 30 heavy (non-hydrogen) atoms. The highest BCUT2D eigenvalue weighted by Crippen LogP contribution is 2.29. The Morgan fingerprint density at radius 3 is 2.27 bits per heavy atom. The average molecular weight is 406 g/mol. The van der Waals surface area contributed by atoms with Crippen LogP contribution < -0.4 is 10.6 Å². The summed E-state index contributed by atoms with van der Waals surface area (Å²) in [6.45, 7) is 10.9. The standard InChI is InChI=1S/C23H31N7/c1-17-19(15-27-28(17)4)16-29-11-13-30(14-12-29)22-21(25-9-10-26-22)18-5-7-20(8-6-18)23(2,3)24/h5-10,15H,11-14,16,24H2,1-4H3. The fraction of sp³-hybridized carbons (Fsp3) is 0.435. The topological polar surface area (TPSA) is 76.1 Å².